The van der Waals surface area contributed by atoms with Gasteiger partial charge in [0.25, 0.3) is 0 Å². The van der Waals surface area contributed by atoms with E-state index in [0.29, 0.717) is 32.5 Å². The summed E-state index contributed by atoms with van der Waals surface area (Å²) < 4.78 is 4.90. The molecular formula is C30H41N3O5S. The molecule has 1 N–H and O–H groups in total. The van der Waals surface area contributed by atoms with E-state index in [-0.39, 0.29) is 42.2 Å². The predicted octanol–water partition coefficient (Wildman–Crippen LogP) is 3.50. The number of carbonyl (C=O) groups excluding carboxylic acids is 3. The van der Waals surface area contributed by atoms with Gasteiger partial charge in [0.1, 0.15) is 11.8 Å². The molecule has 3 aliphatic rings. The van der Waals surface area contributed by atoms with Crippen LogP contribution in [-0.4, -0.2) is 87.6 Å². The summed E-state index contributed by atoms with van der Waals surface area (Å²) in [5.41, 5.74) is 0.720. The number of fused-ring (bicyclic) bond motifs is 1. The number of amides is 3. The molecule has 8 nitrogen and oxygen atoms in total. The third-order valence-corrected chi connectivity index (χ3v) is 10.1. The second-order valence-electron chi connectivity index (χ2n) is 10.7. The van der Waals surface area contributed by atoms with Crippen molar-refractivity contribution in [3.05, 3.63) is 49.6 Å². The Bertz CT molecular complexity index is 1090. The summed E-state index contributed by atoms with van der Waals surface area (Å²) in [6.45, 7) is 15.0. The summed E-state index contributed by atoms with van der Waals surface area (Å²) in [4.78, 5) is 47.6. The summed E-state index contributed by atoms with van der Waals surface area (Å²) in [6.07, 6.45) is 5.26. The van der Waals surface area contributed by atoms with Crippen LogP contribution in [0.3, 0.4) is 0 Å². The molecule has 3 heterocycles. The summed E-state index contributed by atoms with van der Waals surface area (Å²) >= 11 is 1.66. The quantitative estimate of drug-likeness (QED) is 0.375. The lowest BCUT2D eigenvalue weighted by atomic mass is 9.70. The normalized spacial score (nSPS) is 27.0. The Labute approximate surface area is 236 Å². The standard InChI is InChI=1S/C30H41N3O5S/c1-6-16-31(20(4)5)29(37)26-30-15-14-23(39-30)24(25(30)28(36)33(26)18-9-19-34)27(35)32(17-7-2)21-10-12-22(13-11-21)38-8-3/h6-7,10-13,20,23-26,34H,1-2,8-9,14-19H2,3-5H3/t23-,24+,25+,26?,30?/m1/s1. The maximum absolute atomic E-state index is 14.3. The molecule has 3 saturated heterocycles. The van der Waals surface area contributed by atoms with Gasteiger partial charge in [-0.25, -0.2) is 0 Å². The van der Waals surface area contributed by atoms with Crippen molar-refractivity contribution >= 4 is 35.2 Å². The Hall–Kier alpha value is -2.78. The summed E-state index contributed by atoms with van der Waals surface area (Å²) in [6, 6.07) is 6.65. The molecule has 2 bridgehead atoms. The van der Waals surface area contributed by atoms with E-state index < -0.39 is 22.6 Å². The van der Waals surface area contributed by atoms with Gasteiger partial charge in [-0.3, -0.25) is 14.4 Å². The smallest absolute Gasteiger partial charge is 0.247 e. The predicted molar refractivity (Wildman–Crippen MR) is 155 cm³/mol. The number of hydrogen-bond donors (Lipinski definition) is 1. The van der Waals surface area contributed by atoms with Crippen LogP contribution in [0.4, 0.5) is 5.69 Å². The van der Waals surface area contributed by atoms with E-state index in [9.17, 15) is 19.5 Å². The summed E-state index contributed by atoms with van der Waals surface area (Å²) in [5, 5.41) is 9.53. The fourth-order valence-corrected chi connectivity index (χ4v) is 8.77. The van der Waals surface area contributed by atoms with E-state index in [1.807, 2.05) is 45.0 Å². The zero-order chi connectivity index (χ0) is 28.3. The highest BCUT2D eigenvalue weighted by molar-refractivity contribution is 8.02. The second kappa shape index (κ2) is 12.2. The number of thioether (sulfide) groups is 1. The number of rotatable bonds is 13. The third kappa shape index (κ3) is 5.11. The molecule has 39 heavy (non-hydrogen) atoms. The van der Waals surface area contributed by atoms with Crippen molar-refractivity contribution in [3.8, 4) is 5.75 Å². The molecule has 1 aromatic carbocycles. The van der Waals surface area contributed by atoms with Crippen LogP contribution in [0.25, 0.3) is 0 Å². The van der Waals surface area contributed by atoms with Gasteiger partial charge in [0.05, 0.1) is 23.2 Å². The minimum Gasteiger partial charge on any atom is -0.494 e. The van der Waals surface area contributed by atoms with Crippen LogP contribution in [0.15, 0.2) is 49.6 Å². The Morgan fingerprint density at radius 2 is 1.90 bits per heavy atom. The van der Waals surface area contributed by atoms with Crippen LogP contribution in [0.1, 0.15) is 40.0 Å². The van der Waals surface area contributed by atoms with Gasteiger partial charge < -0.3 is 24.5 Å². The summed E-state index contributed by atoms with van der Waals surface area (Å²) in [7, 11) is 0. The van der Waals surface area contributed by atoms with Crippen LogP contribution in [0.5, 0.6) is 5.75 Å². The molecule has 4 rings (SSSR count). The number of nitrogens with zero attached hydrogens (tertiary/aromatic N) is 3. The lowest BCUT2D eigenvalue weighted by Gasteiger charge is -2.38. The number of aliphatic hydroxyl groups excluding tert-OH is 1. The topological polar surface area (TPSA) is 90.4 Å². The van der Waals surface area contributed by atoms with E-state index in [2.05, 4.69) is 13.2 Å². The van der Waals surface area contributed by atoms with Crippen molar-refractivity contribution in [2.75, 3.05) is 37.7 Å². The maximum Gasteiger partial charge on any atom is 0.247 e. The fourth-order valence-electron chi connectivity index (χ4n) is 6.57. The van der Waals surface area contributed by atoms with Crippen LogP contribution in [0, 0.1) is 11.8 Å². The number of aliphatic hydroxyl groups is 1. The molecule has 3 aliphatic heterocycles. The minimum absolute atomic E-state index is 0.0383. The highest BCUT2D eigenvalue weighted by atomic mass is 32.2. The zero-order valence-electron chi connectivity index (χ0n) is 23.3. The summed E-state index contributed by atoms with van der Waals surface area (Å²) in [5.74, 6) is -0.767. The number of carbonyl (C=O) groups is 3. The van der Waals surface area contributed by atoms with Gasteiger partial charge in [0.2, 0.25) is 17.7 Å². The SMILES string of the molecule is C=CCN(C(=O)[C@@H]1[C@H]2C(=O)N(CCCO)C(C(=O)N(CC=C)C(C)C)C23CC[C@H]1S3)c1ccc(OCC)cc1. The van der Waals surface area contributed by atoms with Gasteiger partial charge in [0, 0.05) is 43.2 Å². The molecule has 1 spiro atoms. The largest absolute Gasteiger partial charge is 0.494 e. The molecule has 0 radical (unpaired) electrons. The zero-order valence-corrected chi connectivity index (χ0v) is 24.1. The number of likely N-dealkylation sites (tertiary alicyclic amines) is 1. The first-order chi connectivity index (χ1) is 18.7. The first-order valence-electron chi connectivity index (χ1n) is 13.9. The van der Waals surface area contributed by atoms with E-state index in [0.717, 1.165) is 17.9 Å². The highest BCUT2D eigenvalue weighted by Crippen LogP contribution is 2.66. The first-order valence-corrected chi connectivity index (χ1v) is 14.8. The van der Waals surface area contributed by atoms with E-state index in [1.165, 1.54) is 0 Å². The van der Waals surface area contributed by atoms with E-state index in [4.69, 9.17) is 4.74 Å². The molecule has 2 unspecified atom stereocenters. The molecule has 3 amide bonds. The monoisotopic (exact) mass is 555 g/mol. The molecule has 0 saturated carbocycles. The molecule has 212 valence electrons. The highest BCUT2D eigenvalue weighted by Gasteiger charge is 2.74. The van der Waals surface area contributed by atoms with Gasteiger partial charge in [0.15, 0.2) is 0 Å². The Balaban J connectivity index is 1.71. The third-order valence-electron chi connectivity index (χ3n) is 8.15. The maximum atomic E-state index is 14.3. The fraction of sp³-hybridized carbons (Fsp3) is 0.567. The van der Waals surface area contributed by atoms with Gasteiger partial charge in [-0.05, 0) is 64.3 Å². The van der Waals surface area contributed by atoms with Gasteiger partial charge in [-0.1, -0.05) is 12.2 Å². The van der Waals surface area contributed by atoms with Crippen molar-refractivity contribution in [2.24, 2.45) is 11.8 Å². The van der Waals surface area contributed by atoms with Gasteiger partial charge in [-0.15, -0.1) is 24.9 Å². The van der Waals surface area contributed by atoms with Gasteiger partial charge in [-0.2, -0.15) is 0 Å². The number of benzene rings is 1. The van der Waals surface area contributed by atoms with E-state index in [1.54, 1.807) is 38.6 Å². The lowest BCUT2D eigenvalue weighted by Crippen LogP contribution is -2.56. The second-order valence-corrected chi connectivity index (χ2v) is 12.3. The Kier molecular flexibility index (Phi) is 9.11. The number of ether oxygens (including phenoxy) is 1. The van der Waals surface area contributed by atoms with Crippen molar-refractivity contribution in [1.82, 2.24) is 9.80 Å². The van der Waals surface area contributed by atoms with Crippen molar-refractivity contribution in [3.63, 3.8) is 0 Å². The molecule has 0 aliphatic carbocycles. The molecule has 0 aromatic heterocycles. The van der Waals surface area contributed by atoms with Crippen LogP contribution < -0.4 is 9.64 Å². The molecule has 3 fully saturated rings. The number of anilines is 1. The van der Waals surface area contributed by atoms with Crippen molar-refractivity contribution < 1.29 is 24.2 Å². The molecular weight excluding hydrogens is 514 g/mol. The Morgan fingerprint density at radius 3 is 2.49 bits per heavy atom. The average molecular weight is 556 g/mol. The van der Waals surface area contributed by atoms with Crippen molar-refractivity contribution in [2.45, 2.75) is 62.1 Å². The van der Waals surface area contributed by atoms with Crippen LogP contribution in [-0.2, 0) is 14.4 Å². The molecule has 9 heteroatoms. The van der Waals surface area contributed by atoms with Crippen LogP contribution in [0.2, 0.25) is 0 Å². The van der Waals surface area contributed by atoms with E-state index >= 15 is 0 Å². The average Bonchev–Trinajstić information content (AvgIpc) is 3.56. The van der Waals surface area contributed by atoms with Crippen LogP contribution >= 0.6 is 11.8 Å². The lowest BCUT2D eigenvalue weighted by molar-refractivity contribution is -0.143. The number of hydrogen-bond acceptors (Lipinski definition) is 6. The Morgan fingerprint density at radius 1 is 1.21 bits per heavy atom. The molecule has 5 atom stereocenters. The van der Waals surface area contributed by atoms with Gasteiger partial charge >= 0.3 is 0 Å². The first kappa shape index (κ1) is 29.2. The molecule has 1 aromatic rings. The van der Waals surface area contributed by atoms with Crippen molar-refractivity contribution in [1.29, 1.82) is 0 Å². The minimum atomic E-state index is -0.671.